The van der Waals surface area contributed by atoms with E-state index >= 15 is 0 Å². The average Bonchev–Trinajstić information content (AvgIpc) is 2.26. The SMILES string of the molecule is CCCCOC(=O)C(O)CN(C)C(=O)OC(C)(C)C. The second kappa shape index (κ2) is 7.99. The highest BCUT2D eigenvalue weighted by Crippen LogP contribution is 2.09. The third-order valence-corrected chi connectivity index (χ3v) is 2.17. The molecular weight excluding hydrogens is 250 g/mol. The molecule has 1 atom stereocenters. The van der Waals surface area contributed by atoms with Crippen molar-refractivity contribution in [1.82, 2.24) is 4.90 Å². The van der Waals surface area contributed by atoms with Gasteiger partial charge >= 0.3 is 12.1 Å². The third-order valence-electron chi connectivity index (χ3n) is 2.17. The molecule has 0 rings (SSSR count). The van der Waals surface area contributed by atoms with Gasteiger partial charge < -0.3 is 19.5 Å². The van der Waals surface area contributed by atoms with Crippen molar-refractivity contribution in [3.63, 3.8) is 0 Å². The minimum absolute atomic E-state index is 0.153. The second-order valence-electron chi connectivity index (χ2n) is 5.40. The highest BCUT2D eigenvalue weighted by atomic mass is 16.6. The Labute approximate surface area is 114 Å². The van der Waals surface area contributed by atoms with Crippen molar-refractivity contribution < 1.29 is 24.2 Å². The first-order valence-corrected chi connectivity index (χ1v) is 6.46. The predicted molar refractivity (Wildman–Crippen MR) is 70.7 cm³/mol. The molecule has 0 aromatic heterocycles. The zero-order valence-electron chi connectivity index (χ0n) is 12.4. The quantitative estimate of drug-likeness (QED) is 0.588. The number of ether oxygens (including phenoxy) is 2. The number of likely N-dealkylation sites (N-methyl/N-ethyl adjacent to an activating group) is 1. The van der Waals surface area contributed by atoms with Crippen molar-refractivity contribution >= 4 is 12.1 Å². The maximum absolute atomic E-state index is 11.6. The van der Waals surface area contributed by atoms with Crippen LogP contribution in [-0.2, 0) is 14.3 Å². The molecule has 0 fully saturated rings. The van der Waals surface area contributed by atoms with Crippen molar-refractivity contribution in [2.45, 2.75) is 52.2 Å². The van der Waals surface area contributed by atoms with Crippen molar-refractivity contribution in [2.75, 3.05) is 20.2 Å². The third kappa shape index (κ3) is 8.42. The summed E-state index contributed by atoms with van der Waals surface area (Å²) in [4.78, 5) is 24.2. The molecule has 1 amide bonds. The first-order valence-electron chi connectivity index (χ1n) is 6.46. The van der Waals surface area contributed by atoms with E-state index in [1.165, 1.54) is 7.05 Å². The van der Waals surface area contributed by atoms with E-state index < -0.39 is 23.8 Å². The van der Waals surface area contributed by atoms with Crippen LogP contribution in [0.25, 0.3) is 0 Å². The van der Waals surface area contributed by atoms with Gasteiger partial charge in [0.05, 0.1) is 13.2 Å². The van der Waals surface area contributed by atoms with Crippen LogP contribution >= 0.6 is 0 Å². The normalized spacial score (nSPS) is 12.7. The van der Waals surface area contributed by atoms with E-state index in [4.69, 9.17) is 9.47 Å². The molecule has 0 spiro atoms. The van der Waals surface area contributed by atoms with Gasteiger partial charge in [-0.05, 0) is 27.2 Å². The first-order chi connectivity index (χ1) is 8.67. The Morgan fingerprint density at radius 1 is 1.32 bits per heavy atom. The van der Waals surface area contributed by atoms with Gasteiger partial charge in [-0.25, -0.2) is 9.59 Å². The lowest BCUT2D eigenvalue weighted by atomic mass is 10.2. The van der Waals surface area contributed by atoms with Crippen LogP contribution in [0.5, 0.6) is 0 Å². The zero-order chi connectivity index (χ0) is 15.1. The molecule has 0 heterocycles. The van der Waals surface area contributed by atoms with Gasteiger partial charge in [-0.15, -0.1) is 0 Å². The summed E-state index contributed by atoms with van der Waals surface area (Å²) in [5.74, 6) is -0.719. The molecule has 0 aromatic carbocycles. The molecule has 1 unspecified atom stereocenters. The van der Waals surface area contributed by atoms with Crippen LogP contribution in [0.3, 0.4) is 0 Å². The van der Waals surface area contributed by atoms with Crippen LogP contribution in [0.15, 0.2) is 0 Å². The lowest BCUT2D eigenvalue weighted by molar-refractivity contribution is -0.154. The number of aliphatic hydroxyl groups is 1. The van der Waals surface area contributed by atoms with Crippen molar-refractivity contribution in [1.29, 1.82) is 0 Å². The van der Waals surface area contributed by atoms with Gasteiger partial charge in [-0.3, -0.25) is 0 Å². The molecule has 6 heteroatoms. The van der Waals surface area contributed by atoms with E-state index in [0.717, 1.165) is 17.7 Å². The van der Waals surface area contributed by atoms with E-state index in [0.29, 0.717) is 0 Å². The number of amides is 1. The summed E-state index contributed by atoms with van der Waals surface area (Å²) in [5.41, 5.74) is -0.613. The van der Waals surface area contributed by atoms with Crippen LogP contribution in [0.4, 0.5) is 4.79 Å². The standard InChI is InChI=1S/C13H25NO5/c1-6-7-8-18-11(16)10(15)9-14(5)12(17)19-13(2,3)4/h10,15H,6-9H2,1-5H3. The van der Waals surface area contributed by atoms with Gasteiger partial charge in [0.2, 0.25) is 0 Å². The molecule has 0 aliphatic carbocycles. The van der Waals surface area contributed by atoms with E-state index in [1.54, 1.807) is 20.8 Å². The highest BCUT2D eigenvalue weighted by Gasteiger charge is 2.24. The van der Waals surface area contributed by atoms with Crippen LogP contribution < -0.4 is 0 Å². The molecule has 0 saturated heterocycles. The maximum atomic E-state index is 11.6. The number of carbonyl (C=O) groups is 2. The van der Waals surface area contributed by atoms with E-state index in [1.807, 2.05) is 6.92 Å². The average molecular weight is 275 g/mol. The van der Waals surface area contributed by atoms with E-state index in [-0.39, 0.29) is 13.2 Å². The predicted octanol–water partition coefficient (Wildman–Crippen LogP) is 1.56. The molecule has 0 bridgehead atoms. The van der Waals surface area contributed by atoms with Gasteiger partial charge in [0.25, 0.3) is 0 Å². The summed E-state index contributed by atoms with van der Waals surface area (Å²) in [7, 11) is 1.45. The van der Waals surface area contributed by atoms with Crippen molar-refractivity contribution in [3.8, 4) is 0 Å². The summed E-state index contributed by atoms with van der Waals surface area (Å²) in [6.07, 6.45) is -0.288. The van der Waals surface area contributed by atoms with Gasteiger partial charge in [-0.2, -0.15) is 0 Å². The summed E-state index contributed by atoms with van der Waals surface area (Å²) in [6, 6.07) is 0. The number of aliphatic hydroxyl groups excluding tert-OH is 1. The van der Waals surface area contributed by atoms with Gasteiger partial charge in [0.1, 0.15) is 5.60 Å². The Balaban J connectivity index is 4.13. The second-order valence-corrected chi connectivity index (χ2v) is 5.40. The topological polar surface area (TPSA) is 76.1 Å². The number of unbranched alkanes of at least 4 members (excludes halogenated alkanes) is 1. The molecule has 19 heavy (non-hydrogen) atoms. The lowest BCUT2D eigenvalue weighted by Gasteiger charge is -2.25. The fourth-order valence-electron chi connectivity index (χ4n) is 1.16. The van der Waals surface area contributed by atoms with E-state index in [9.17, 15) is 14.7 Å². The number of hydrogen-bond acceptors (Lipinski definition) is 5. The van der Waals surface area contributed by atoms with Crippen LogP contribution in [0.2, 0.25) is 0 Å². The molecule has 0 aromatic rings. The van der Waals surface area contributed by atoms with Gasteiger partial charge in [-0.1, -0.05) is 13.3 Å². The summed E-state index contributed by atoms with van der Waals surface area (Å²) in [6.45, 7) is 7.33. The number of hydrogen-bond donors (Lipinski definition) is 1. The van der Waals surface area contributed by atoms with Gasteiger partial charge in [0.15, 0.2) is 6.10 Å². The molecule has 0 aliphatic rings. The molecule has 1 N–H and O–H groups in total. The first kappa shape index (κ1) is 17.7. The summed E-state index contributed by atoms with van der Waals surface area (Å²) in [5, 5.41) is 9.61. The zero-order valence-corrected chi connectivity index (χ0v) is 12.4. The Hall–Kier alpha value is -1.30. The largest absolute Gasteiger partial charge is 0.464 e. The highest BCUT2D eigenvalue weighted by molar-refractivity contribution is 5.76. The molecule has 0 aliphatic heterocycles. The molecule has 0 saturated carbocycles. The Morgan fingerprint density at radius 2 is 1.89 bits per heavy atom. The van der Waals surface area contributed by atoms with E-state index in [2.05, 4.69) is 0 Å². The fourth-order valence-corrected chi connectivity index (χ4v) is 1.16. The Kier molecular flexibility index (Phi) is 7.44. The van der Waals surface area contributed by atoms with Crippen LogP contribution in [0.1, 0.15) is 40.5 Å². The monoisotopic (exact) mass is 275 g/mol. The summed E-state index contributed by atoms with van der Waals surface area (Å²) >= 11 is 0. The minimum Gasteiger partial charge on any atom is -0.464 e. The number of nitrogens with zero attached hydrogens (tertiary/aromatic N) is 1. The molecule has 6 nitrogen and oxygen atoms in total. The smallest absolute Gasteiger partial charge is 0.410 e. The lowest BCUT2D eigenvalue weighted by Crippen LogP contribution is -2.41. The Morgan fingerprint density at radius 3 is 2.37 bits per heavy atom. The fraction of sp³-hybridized carbons (Fsp3) is 0.846. The van der Waals surface area contributed by atoms with Crippen molar-refractivity contribution in [3.05, 3.63) is 0 Å². The Bertz CT molecular complexity index is 298. The molecular formula is C13H25NO5. The van der Waals surface area contributed by atoms with Crippen LogP contribution in [-0.4, -0.2) is 54.0 Å². The van der Waals surface area contributed by atoms with Gasteiger partial charge in [0, 0.05) is 7.05 Å². The van der Waals surface area contributed by atoms with Crippen molar-refractivity contribution in [2.24, 2.45) is 0 Å². The summed E-state index contributed by atoms with van der Waals surface area (Å²) < 4.78 is 9.96. The maximum Gasteiger partial charge on any atom is 0.410 e. The van der Waals surface area contributed by atoms with Crippen LogP contribution in [0, 0.1) is 0 Å². The molecule has 112 valence electrons. The number of rotatable bonds is 6. The molecule has 0 radical (unpaired) electrons. The minimum atomic E-state index is -1.35. The number of carbonyl (C=O) groups excluding carboxylic acids is 2. The number of esters is 1.